The highest BCUT2D eigenvalue weighted by molar-refractivity contribution is 5.51. The molecule has 0 spiro atoms. The highest BCUT2D eigenvalue weighted by atomic mass is 16.5. The minimum absolute atomic E-state index is 0.0332. The van der Waals surface area contributed by atoms with Crippen LogP contribution in [0.5, 0.6) is 0 Å². The number of hydrogen-bond donors (Lipinski definition) is 2. The van der Waals surface area contributed by atoms with Gasteiger partial charge < -0.3 is 15.2 Å². The Morgan fingerprint density at radius 2 is 2.50 bits per heavy atom. The van der Waals surface area contributed by atoms with Gasteiger partial charge in [-0.25, -0.2) is 4.98 Å². The van der Waals surface area contributed by atoms with E-state index in [1.807, 2.05) is 0 Å². The van der Waals surface area contributed by atoms with Crippen molar-refractivity contribution in [1.82, 2.24) is 4.98 Å². The van der Waals surface area contributed by atoms with Crippen molar-refractivity contribution in [3.05, 3.63) is 23.9 Å². The molecule has 0 aliphatic carbocycles. The van der Waals surface area contributed by atoms with Crippen LogP contribution < -0.4 is 5.32 Å². The molecule has 2 rings (SSSR count). The lowest BCUT2D eigenvalue weighted by Gasteiger charge is -2.14. The summed E-state index contributed by atoms with van der Waals surface area (Å²) in [5.41, 5.74) is 0.499. The number of aliphatic hydroxyl groups excluding tert-OH is 1. The lowest BCUT2D eigenvalue weighted by molar-refractivity contribution is 0.0234. The summed E-state index contributed by atoms with van der Waals surface area (Å²) in [7, 11) is 0. The number of aromatic nitrogens is 1. The highest BCUT2D eigenvalue weighted by Gasteiger charge is 2.25. The molecular weight excluding hydrogens is 206 g/mol. The fourth-order valence-electron chi connectivity index (χ4n) is 1.71. The van der Waals surface area contributed by atoms with E-state index in [0.29, 0.717) is 11.4 Å². The first kappa shape index (κ1) is 10.9. The molecule has 16 heavy (non-hydrogen) atoms. The Balaban J connectivity index is 2.02. The van der Waals surface area contributed by atoms with Gasteiger partial charge in [0.1, 0.15) is 18.1 Å². The highest BCUT2D eigenvalue weighted by Crippen LogP contribution is 2.21. The average Bonchev–Trinajstić information content (AvgIpc) is 2.77. The molecule has 1 saturated heterocycles. The number of nitriles is 1. The Hall–Kier alpha value is -1.64. The SMILES string of the molecule is N#Cc1cccnc1N[C@H]1CC[C@@H](CO)O1. The van der Waals surface area contributed by atoms with E-state index in [-0.39, 0.29) is 18.9 Å². The van der Waals surface area contributed by atoms with Gasteiger partial charge in [0, 0.05) is 6.20 Å². The first-order chi connectivity index (χ1) is 7.83. The van der Waals surface area contributed by atoms with Crippen LogP contribution in [0.4, 0.5) is 5.82 Å². The van der Waals surface area contributed by atoms with E-state index in [2.05, 4.69) is 16.4 Å². The third-order valence-electron chi connectivity index (χ3n) is 2.54. The summed E-state index contributed by atoms with van der Waals surface area (Å²) in [6.07, 6.45) is 2.99. The molecule has 0 aromatic carbocycles. The van der Waals surface area contributed by atoms with Crippen LogP contribution in [0.25, 0.3) is 0 Å². The smallest absolute Gasteiger partial charge is 0.145 e. The van der Waals surface area contributed by atoms with Crippen LogP contribution in [-0.4, -0.2) is 29.0 Å². The first-order valence-electron chi connectivity index (χ1n) is 5.21. The van der Waals surface area contributed by atoms with E-state index in [1.165, 1.54) is 0 Å². The summed E-state index contributed by atoms with van der Waals surface area (Å²) in [5.74, 6) is 0.536. The third-order valence-corrected chi connectivity index (χ3v) is 2.54. The Morgan fingerprint density at radius 1 is 1.62 bits per heavy atom. The van der Waals surface area contributed by atoms with Crippen LogP contribution >= 0.6 is 0 Å². The first-order valence-corrected chi connectivity index (χ1v) is 5.21. The molecule has 0 bridgehead atoms. The van der Waals surface area contributed by atoms with Crippen LogP contribution in [-0.2, 0) is 4.74 Å². The summed E-state index contributed by atoms with van der Waals surface area (Å²) in [4.78, 5) is 4.09. The molecule has 1 aliphatic heterocycles. The van der Waals surface area contributed by atoms with Crippen LogP contribution in [0.15, 0.2) is 18.3 Å². The van der Waals surface area contributed by atoms with Crippen LogP contribution in [0.1, 0.15) is 18.4 Å². The van der Waals surface area contributed by atoms with Crippen molar-refractivity contribution in [2.75, 3.05) is 11.9 Å². The van der Waals surface area contributed by atoms with Gasteiger partial charge in [0.15, 0.2) is 0 Å². The van der Waals surface area contributed by atoms with E-state index in [1.54, 1.807) is 18.3 Å². The Kier molecular flexibility index (Phi) is 3.34. The second-order valence-electron chi connectivity index (χ2n) is 3.66. The number of hydrogen-bond acceptors (Lipinski definition) is 5. The molecule has 5 heteroatoms. The van der Waals surface area contributed by atoms with Crippen molar-refractivity contribution in [3.63, 3.8) is 0 Å². The number of nitrogens with zero attached hydrogens (tertiary/aromatic N) is 2. The largest absolute Gasteiger partial charge is 0.394 e. The van der Waals surface area contributed by atoms with Crippen molar-refractivity contribution in [3.8, 4) is 6.07 Å². The van der Waals surface area contributed by atoms with Gasteiger partial charge in [-0.05, 0) is 25.0 Å². The van der Waals surface area contributed by atoms with E-state index < -0.39 is 0 Å². The summed E-state index contributed by atoms with van der Waals surface area (Å²) in [6, 6.07) is 5.48. The Morgan fingerprint density at radius 3 is 3.19 bits per heavy atom. The number of nitrogens with one attached hydrogen (secondary N) is 1. The lowest BCUT2D eigenvalue weighted by atomic mass is 10.2. The monoisotopic (exact) mass is 219 g/mol. The number of ether oxygens (including phenoxy) is 1. The molecule has 2 heterocycles. The molecule has 2 atom stereocenters. The van der Waals surface area contributed by atoms with Gasteiger partial charge in [0.2, 0.25) is 0 Å². The second kappa shape index (κ2) is 4.92. The van der Waals surface area contributed by atoms with Crippen LogP contribution in [0.3, 0.4) is 0 Å². The molecule has 1 aromatic rings. The summed E-state index contributed by atoms with van der Waals surface area (Å²) >= 11 is 0. The number of pyridine rings is 1. The van der Waals surface area contributed by atoms with Gasteiger partial charge in [-0.15, -0.1) is 0 Å². The van der Waals surface area contributed by atoms with E-state index in [4.69, 9.17) is 15.1 Å². The normalized spacial score (nSPS) is 24.0. The minimum atomic E-state index is -0.167. The zero-order chi connectivity index (χ0) is 11.4. The number of anilines is 1. The lowest BCUT2D eigenvalue weighted by Crippen LogP contribution is -2.22. The maximum Gasteiger partial charge on any atom is 0.145 e. The van der Waals surface area contributed by atoms with Crippen LogP contribution in [0, 0.1) is 11.3 Å². The van der Waals surface area contributed by atoms with Gasteiger partial charge in [-0.3, -0.25) is 0 Å². The Bertz CT molecular complexity index is 402. The molecule has 0 amide bonds. The van der Waals surface area contributed by atoms with Crippen molar-refractivity contribution < 1.29 is 9.84 Å². The zero-order valence-electron chi connectivity index (χ0n) is 8.76. The molecular formula is C11H13N3O2. The topological polar surface area (TPSA) is 78.2 Å². The molecule has 84 valence electrons. The van der Waals surface area contributed by atoms with Crippen molar-refractivity contribution in [2.45, 2.75) is 25.2 Å². The maximum atomic E-state index is 8.93. The van der Waals surface area contributed by atoms with Crippen molar-refractivity contribution >= 4 is 5.82 Å². The predicted molar refractivity (Wildman–Crippen MR) is 57.6 cm³/mol. The molecule has 0 radical (unpaired) electrons. The fraction of sp³-hybridized carbons (Fsp3) is 0.455. The fourth-order valence-corrected chi connectivity index (χ4v) is 1.71. The molecule has 5 nitrogen and oxygen atoms in total. The Labute approximate surface area is 93.7 Å². The van der Waals surface area contributed by atoms with Gasteiger partial charge in [0.05, 0.1) is 18.3 Å². The van der Waals surface area contributed by atoms with E-state index in [9.17, 15) is 0 Å². The number of aliphatic hydroxyl groups is 1. The molecule has 2 N–H and O–H groups in total. The van der Waals surface area contributed by atoms with Gasteiger partial charge in [0.25, 0.3) is 0 Å². The number of rotatable bonds is 3. The van der Waals surface area contributed by atoms with Gasteiger partial charge in [-0.1, -0.05) is 0 Å². The van der Waals surface area contributed by atoms with Gasteiger partial charge in [-0.2, -0.15) is 5.26 Å². The third kappa shape index (κ3) is 2.30. The molecule has 1 aliphatic rings. The zero-order valence-corrected chi connectivity index (χ0v) is 8.76. The van der Waals surface area contributed by atoms with E-state index >= 15 is 0 Å². The average molecular weight is 219 g/mol. The molecule has 1 aromatic heterocycles. The predicted octanol–water partition coefficient (Wildman–Crippen LogP) is 0.863. The second-order valence-corrected chi connectivity index (χ2v) is 3.66. The van der Waals surface area contributed by atoms with Crippen molar-refractivity contribution in [2.24, 2.45) is 0 Å². The van der Waals surface area contributed by atoms with Crippen molar-refractivity contribution in [1.29, 1.82) is 5.26 Å². The van der Waals surface area contributed by atoms with Gasteiger partial charge >= 0.3 is 0 Å². The summed E-state index contributed by atoms with van der Waals surface area (Å²) in [6.45, 7) is 0.0332. The molecule has 0 saturated carbocycles. The molecule has 0 unspecified atom stereocenters. The maximum absolute atomic E-state index is 8.93. The van der Waals surface area contributed by atoms with E-state index in [0.717, 1.165) is 12.8 Å². The summed E-state index contributed by atoms with van der Waals surface area (Å²) in [5, 5.41) is 20.9. The molecule has 1 fully saturated rings. The minimum Gasteiger partial charge on any atom is -0.394 e. The standard InChI is InChI=1S/C11H13N3O2/c12-6-8-2-1-5-13-11(8)14-10-4-3-9(7-15)16-10/h1-2,5,9-10,15H,3-4,7H2,(H,13,14)/t9-,10+/m0/s1. The summed E-state index contributed by atoms with van der Waals surface area (Å²) < 4.78 is 5.50. The van der Waals surface area contributed by atoms with Crippen LogP contribution in [0.2, 0.25) is 0 Å². The quantitative estimate of drug-likeness (QED) is 0.788.